The topological polar surface area (TPSA) is 105 Å². The average Bonchev–Trinajstić information content (AvgIpc) is 2.64. The van der Waals surface area contributed by atoms with E-state index >= 15 is 0 Å². The maximum Gasteiger partial charge on any atom is 0.321 e. The minimum atomic E-state index is -1.20. The van der Waals surface area contributed by atoms with Crippen LogP contribution in [0.25, 0.3) is 0 Å². The first-order chi connectivity index (χ1) is 13.8. The van der Waals surface area contributed by atoms with Crippen LogP contribution in [-0.4, -0.2) is 35.7 Å². The Labute approximate surface area is 170 Å². The summed E-state index contributed by atoms with van der Waals surface area (Å²) in [7, 11) is 1.41. The summed E-state index contributed by atoms with van der Waals surface area (Å²) in [5, 5.41) is 15.4. The summed E-state index contributed by atoms with van der Waals surface area (Å²) in [6.45, 7) is 0. The summed E-state index contributed by atoms with van der Waals surface area (Å²) in [6.07, 6.45) is 4.30. The summed E-state index contributed by atoms with van der Waals surface area (Å²) < 4.78 is 5.60. The number of urea groups is 1. The van der Waals surface area contributed by atoms with Crippen molar-refractivity contribution in [3.63, 3.8) is 0 Å². The molecule has 1 aromatic carbocycles. The molecule has 4 fully saturated rings. The number of amides is 3. The molecule has 0 radical (unpaired) electrons. The molecule has 2 unspecified atom stereocenters. The van der Waals surface area contributed by atoms with Gasteiger partial charge < -0.3 is 15.2 Å². The highest BCUT2D eigenvalue weighted by molar-refractivity contribution is 5.97. The van der Waals surface area contributed by atoms with Gasteiger partial charge in [-0.1, -0.05) is 30.3 Å². The molecule has 7 nitrogen and oxygen atoms in total. The highest BCUT2D eigenvalue weighted by Crippen LogP contribution is 2.62. The zero-order valence-electron chi connectivity index (χ0n) is 16.6. The van der Waals surface area contributed by atoms with Gasteiger partial charge in [0.15, 0.2) is 0 Å². The molecule has 7 heteroatoms. The molecule has 0 heterocycles. The maximum atomic E-state index is 12.9. The van der Waals surface area contributed by atoms with E-state index in [4.69, 9.17) is 4.74 Å². The van der Waals surface area contributed by atoms with Crippen molar-refractivity contribution in [2.45, 2.75) is 56.7 Å². The summed E-state index contributed by atoms with van der Waals surface area (Å²) in [5.74, 6) is -0.212. The molecule has 0 aromatic heterocycles. The Morgan fingerprint density at radius 3 is 2.38 bits per heavy atom. The number of carbonyl (C=O) groups is 3. The van der Waals surface area contributed by atoms with Gasteiger partial charge in [-0.3, -0.25) is 14.9 Å². The third-order valence-corrected chi connectivity index (χ3v) is 6.72. The average molecular weight is 400 g/mol. The van der Waals surface area contributed by atoms with E-state index in [1.165, 1.54) is 7.05 Å². The number of esters is 1. The lowest BCUT2D eigenvalue weighted by atomic mass is 9.47. The first-order valence-corrected chi connectivity index (χ1v) is 10.3. The van der Waals surface area contributed by atoms with Crippen molar-refractivity contribution in [3.8, 4) is 0 Å². The first kappa shape index (κ1) is 19.9. The highest BCUT2D eigenvalue weighted by atomic mass is 16.5. The van der Waals surface area contributed by atoms with Crippen molar-refractivity contribution in [2.75, 3.05) is 7.05 Å². The standard InChI is InChI=1S/C22H28N2O5/c1-23-20(27)24-19(26)18(16-5-3-2-4-6-16)29-17(25)12-21-8-14-7-15(9-21)11-22(28,10-14)13-21/h2-6,14-15,18,28H,7-13H2,1H3,(H2,23,24,26,27)/t14-,15+,18-,21?,22?/m1/s1. The van der Waals surface area contributed by atoms with Crippen LogP contribution in [0, 0.1) is 17.3 Å². The smallest absolute Gasteiger partial charge is 0.321 e. The van der Waals surface area contributed by atoms with Crippen LogP contribution in [0.15, 0.2) is 30.3 Å². The predicted octanol–water partition coefficient (Wildman–Crippen LogP) is 2.45. The van der Waals surface area contributed by atoms with E-state index < -0.39 is 29.6 Å². The zero-order chi connectivity index (χ0) is 20.6. The van der Waals surface area contributed by atoms with Crippen LogP contribution in [-0.2, 0) is 14.3 Å². The molecule has 0 saturated heterocycles. The van der Waals surface area contributed by atoms with Gasteiger partial charge in [0, 0.05) is 12.6 Å². The van der Waals surface area contributed by atoms with Crippen LogP contribution in [0.4, 0.5) is 4.79 Å². The van der Waals surface area contributed by atoms with E-state index in [9.17, 15) is 19.5 Å². The Morgan fingerprint density at radius 1 is 1.14 bits per heavy atom. The number of rotatable bonds is 5. The van der Waals surface area contributed by atoms with Crippen molar-refractivity contribution < 1.29 is 24.2 Å². The number of hydrogen-bond acceptors (Lipinski definition) is 5. The number of benzene rings is 1. The van der Waals surface area contributed by atoms with E-state index in [0.717, 1.165) is 32.1 Å². The summed E-state index contributed by atoms with van der Waals surface area (Å²) >= 11 is 0. The van der Waals surface area contributed by atoms with Crippen molar-refractivity contribution in [1.82, 2.24) is 10.6 Å². The van der Waals surface area contributed by atoms with Crippen molar-refractivity contribution in [2.24, 2.45) is 17.3 Å². The largest absolute Gasteiger partial charge is 0.447 e. The number of nitrogens with one attached hydrogen (secondary N) is 2. The number of ether oxygens (including phenoxy) is 1. The van der Waals surface area contributed by atoms with E-state index in [0.29, 0.717) is 23.8 Å². The lowest BCUT2D eigenvalue weighted by Gasteiger charge is -2.60. The second-order valence-electron chi connectivity index (χ2n) is 9.21. The molecule has 5 rings (SSSR count). The Morgan fingerprint density at radius 2 is 1.79 bits per heavy atom. The molecule has 156 valence electrons. The van der Waals surface area contributed by atoms with Gasteiger partial charge in [0.25, 0.3) is 5.91 Å². The fourth-order valence-electron chi connectivity index (χ4n) is 6.23. The molecular formula is C22H28N2O5. The molecule has 0 aliphatic heterocycles. The molecule has 0 spiro atoms. The van der Waals surface area contributed by atoms with Crippen LogP contribution in [0.2, 0.25) is 0 Å². The SMILES string of the molecule is CNC(=O)NC(=O)[C@H](OC(=O)CC12C[C@@H]3C[C@@H](CC(O)(C3)C1)C2)c1ccccc1. The minimum absolute atomic E-state index is 0.193. The van der Waals surface area contributed by atoms with Gasteiger partial charge in [-0.25, -0.2) is 4.79 Å². The second-order valence-corrected chi connectivity index (χ2v) is 9.21. The molecule has 4 aliphatic rings. The van der Waals surface area contributed by atoms with Crippen LogP contribution in [0.5, 0.6) is 0 Å². The predicted molar refractivity (Wildman–Crippen MR) is 105 cm³/mol. The molecule has 4 saturated carbocycles. The van der Waals surface area contributed by atoms with Crippen LogP contribution >= 0.6 is 0 Å². The van der Waals surface area contributed by atoms with Crippen LogP contribution in [0.1, 0.15) is 56.6 Å². The maximum absolute atomic E-state index is 12.9. The van der Waals surface area contributed by atoms with E-state index in [1.807, 2.05) is 0 Å². The van der Waals surface area contributed by atoms with Crippen LogP contribution in [0.3, 0.4) is 0 Å². The second kappa shape index (κ2) is 7.44. The van der Waals surface area contributed by atoms with Crippen LogP contribution < -0.4 is 10.6 Å². The fraction of sp³-hybridized carbons (Fsp3) is 0.591. The van der Waals surface area contributed by atoms with Gasteiger partial charge in [0.2, 0.25) is 6.10 Å². The van der Waals surface area contributed by atoms with Crippen molar-refractivity contribution in [3.05, 3.63) is 35.9 Å². The van der Waals surface area contributed by atoms with Gasteiger partial charge in [-0.15, -0.1) is 0 Å². The molecule has 1 aromatic rings. The molecular weight excluding hydrogens is 372 g/mol. The van der Waals surface area contributed by atoms with Crippen molar-refractivity contribution >= 4 is 17.9 Å². The fourth-order valence-corrected chi connectivity index (χ4v) is 6.23. The first-order valence-electron chi connectivity index (χ1n) is 10.3. The van der Waals surface area contributed by atoms with Gasteiger partial charge in [-0.2, -0.15) is 0 Å². The summed E-state index contributed by atoms with van der Waals surface area (Å²) in [4.78, 5) is 37.0. The lowest BCUT2D eigenvalue weighted by molar-refractivity contribution is -0.180. The van der Waals surface area contributed by atoms with Gasteiger partial charge >= 0.3 is 12.0 Å². The molecule has 5 atom stereocenters. The molecule has 4 aliphatic carbocycles. The summed E-state index contributed by atoms with van der Waals surface area (Å²) in [6, 6.07) is 8.02. The quantitative estimate of drug-likeness (QED) is 0.659. The third kappa shape index (κ3) is 4.15. The number of hydrogen-bond donors (Lipinski definition) is 3. The van der Waals surface area contributed by atoms with Gasteiger partial charge in [-0.05, 0) is 55.8 Å². The minimum Gasteiger partial charge on any atom is -0.447 e. The Kier molecular flexibility index (Phi) is 5.11. The number of carbonyl (C=O) groups excluding carboxylic acids is 3. The normalized spacial score (nSPS) is 33.0. The molecule has 4 bridgehead atoms. The molecule has 3 N–H and O–H groups in total. The highest BCUT2D eigenvalue weighted by Gasteiger charge is 2.57. The van der Waals surface area contributed by atoms with E-state index in [2.05, 4.69) is 10.6 Å². The Hall–Kier alpha value is -2.41. The van der Waals surface area contributed by atoms with Gasteiger partial charge in [0.1, 0.15) is 0 Å². The van der Waals surface area contributed by atoms with E-state index in [-0.39, 0.29) is 11.8 Å². The molecule has 3 amide bonds. The van der Waals surface area contributed by atoms with Crippen molar-refractivity contribution in [1.29, 1.82) is 0 Å². The lowest BCUT2D eigenvalue weighted by Crippen LogP contribution is -2.56. The monoisotopic (exact) mass is 400 g/mol. The zero-order valence-corrected chi connectivity index (χ0v) is 16.6. The third-order valence-electron chi connectivity index (χ3n) is 6.72. The summed E-state index contributed by atoms with van der Waals surface area (Å²) in [5.41, 5.74) is -0.389. The molecule has 29 heavy (non-hydrogen) atoms. The Balaban J connectivity index is 1.48. The Bertz CT molecular complexity index is 795. The number of aliphatic hydroxyl groups is 1. The number of imide groups is 1. The van der Waals surface area contributed by atoms with E-state index in [1.54, 1.807) is 30.3 Å². The van der Waals surface area contributed by atoms with Gasteiger partial charge in [0.05, 0.1) is 12.0 Å².